The van der Waals surface area contributed by atoms with E-state index in [4.69, 9.17) is 9.47 Å². The number of rotatable bonds is 7. The summed E-state index contributed by atoms with van der Waals surface area (Å²) in [6.07, 6.45) is 0. The molecule has 6 nitrogen and oxygen atoms in total. The molecular weight excluding hydrogens is 318 g/mol. The van der Waals surface area contributed by atoms with Gasteiger partial charge < -0.3 is 14.8 Å². The Hall–Kier alpha value is -3.02. The average molecular weight is 341 g/mol. The molecule has 0 saturated carbocycles. The number of aryl methyl sites for hydroxylation is 1. The number of carbonyl (C=O) groups excluding carboxylic acids is 1. The number of ether oxygens (including phenoxy) is 2. The lowest BCUT2D eigenvalue weighted by Gasteiger charge is -2.10. The lowest BCUT2D eigenvalue weighted by Crippen LogP contribution is -2.27. The number of hydrazone groups is 1. The van der Waals surface area contributed by atoms with E-state index in [1.807, 2.05) is 50.2 Å². The average Bonchev–Trinajstić information content (AvgIpc) is 2.64. The fourth-order valence-electron chi connectivity index (χ4n) is 2.26. The van der Waals surface area contributed by atoms with E-state index in [1.165, 1.54) is 0 Å². The lowest BCUT2D eigenvalue weighted by atomic mass is 10.1. The summed E-state index contributed by atoms with van der Waals surface area (Å²) in [6.45, 7) is 3.95. The normalized spacial score (nSPS) is 11.0. The van der Waals surface area contributed by atoms with Crippen LogP contribution in [0.15, 0.2) is 47.6 Å². The minimum atomic E-state index is -0.219. The number of carbonyl (C=O) groups is 1. The van der Waals surface area contributed by atoms with Crippen molar-refractivity contribution >= 4 is 17.3 Å². The number of nitrogens with zero attached hydrogens (tertiary/aromatic N) is 1. The van der Waals surface area contributed by atoms with E-state index >= 15 is 0 Å². The third kappa shape index (κ3) is 4.97. The number of hydrogen-bond donors (Lipinski definition) is 2. The van der Waals surface area contributed by atoms with Crippen molar-refractivity contribution < 1.29 is 14.3 Å². The van der Waals surface area contributed by atoms with Gasteiger partial charge in [-0.15, -0.1) is 0 Å². The largest absolute Gasteiger partial charge is 0.493 e. The van der Waals surface area contributed by atoms with Crippen LogP contribution < -0.4 is 20.2 Å². The molecule has 2 rings (SSSR count). The number of nitrogens with one attached hydrogen (secondary N) is 2. The summed E-state index contributed by atoms with van der Waals surface area (Å²) in [5.41, 5.74) is 6.07. The topological polar surface area (TPSA) is 72.0 Å². The summed E-state index contributed by atoms with van der Waals surface area (Å²) in [5.74, 6) is 1.04. The zero-order valence-corrected chi connectivity index (χ0v) is 14.9. The Morgan fingerprint density at radius 1 is 1.08 bits per heavy atom. The van der Waals surface area contributed by atoms with Crippen LogP contribution in [0, 0.1) is 6.92 Å². The number of anilines is 1. The minimum absolute atomic E-state index is 0.146. The van der Waals surface area contributed by atoms with Gasteiger partial charge in [-0.3, -0.25) is 4.79 Å². The summed E-state index contributed by atoms with van der Waals surface area (Å²) in [4.78, 5) is 12.0. The number of amides is 1. The van der Waals surface area contributed by atoms with Crippen LogP contribution >= 0.6 is 0 Å². The van der Waals surface area contributed by atoms with Crippen molar-refractivity contribution in [3.05, 3.63) is 53.6 Å². The molecule has 0 fully saturated rings. The molecule has 0 aromatic heterocycles. The summed E-state index contributed by atoms with van der Waals surface area (Å²) in [6, 6.07) is 13.3. The van der Waals surface area contributed by atoms with Gasteiger partial charge >= 0.3 is 0 Å². The minimum Gasteiger partial charge on any atom is -0.493 e. The molecule has 6 heteroatoms. The van der Waals surface area contributed by atoms with Crippen LogP contribution in [0.1, 0.15) is 18.1 Å². The van der Waals surface area contributed by atoms with Gasteiger partial charge in [-0.2, -0.15) is 5.10 Å². The molecule has 2 N–H and O–H groups in total. The second kappa shape index (κ2) is 8.73. The van der Waals surface area contributed by atoms with Gasteiger partial charge in [-0.25, -0.2) is 5.43 Å². The molecule has 0 unspecified atom stereocenters. The SMILES string of the molecule is COc1ccc(C(C)=NNC(=O)CNc2ccccc2C)cc1OC. The van der Waals surface area contributed by atoms with E-state index in [0.29, 0.717) is 17.2 Å². The monoisotopic (exact) mass is 341 g/mol. The highest BCUT2D eigenvalue weighted by Gasteiger charge is 2.07. The molecule has 0 saturated heterocycles. The maximum atomic E-state index is 12.0. The van der Waals surface area contributed by atoms with Crippen molar-refractivity contribution in [2.24, 2.45) is 5.10 Å². The molecule has 2 aromatic rings. The van der Waals surface area contributed by atoms with Crippen molar-refractivity contribution in [3.8, 4) is 11.5 Å². The molecule has 25 heavy (non-hydrogen) atoms. The molecule has 0 heterocycles. The van der Waals surface area contributed by atoms with E-state index < -0.39 is 0 Å². The third-order valence-electron chi connectivity index (χ3n) is 3.73. The van der Waals surface area contributed by atoms with Gasteiger partial charge in [0.2, 0.25) is 0 Å². The van der Waals surface area contributed by atoms with Crippen LogP contribution in [0.4, 0.5) is 5.69 Å². The Kier molecular flexibility index (Phi) is 6.39. The summed E-state index contributed by atoms with van der Waals surface area (Å²) >= 11 is 0. The second-order valence-electron chi connectivity index (χ2n) is 5.47. The van der Waals surface area contributed by atoms with Gasteiger partial charge in [0.1, 0.15) is 0 Å². The Bertz CT molecular complexity index is 772. The highest BCUT2D eigenvalue weighted by Crippen LogP contribution is 2.27. The van der Waals surface area contributed by atoms with Crippen LogP contribution in [-0.2, 0) is 4.79 Å². The summed E-state index contributed by atoms with van der Waals surface area (Å²) in [5, 5.41) is 7.23. The first-order chi connectivity index (χ1) is 12.0. The zero-order chi connectivity index (χ0) is 18.2. The fraction of sp³-hybridized carbons (Fsp3) is 0.263. The van der Waals surface area contributed by atoms with Crippen LogP contribution in [-0.4, -0.2) is 32.4 Å². The zero-order valence-electron chi connectivity index (χ0n) is 14.9. The first-order valence-electron chi connectivity index (χ1n) is 7.90. The molecule has 0 atom stereocenters. The van der Waals surface area contributed by atoms with E-state index in [0.717, 1.165) is 16.8 Å². The van der Waals surface area contributed by atoms with E-state index in [9.17, 15) is 4.79 Å². The molecule has 0 aliphatic rings. The maximum absolute atomic E-state index is 12.0. The molecule has 0 bridgehead atoms. The van der Waals surface area contributed by atoms with Gasteiger partial charge in [0.05, 0.1) is 26.5 Å². The Labute approximate surface area is 147 Å². The smallest absolute Gasteiger partial charge is 0.259 e. The summed E-state index contributed by atoms with van der Waals surface area (Å²) < 4.78 is 10.5. The van der Waals surface area contributed by atoms with E-state index in [1.54, 1.807) is 20.3 Å². The predicted molar refractivity (Wildman–Crippen MR) is 99.6 cm³/mol. The summed E-state index contributed by atoms with van der Waals surface area (Å²) in [7, 11) is 3.16. The number of benzene rings is 2. The first-order valence-corrected chi connectivity index (χ1v) is 7.90. The molecule has 0 spiro atoms. The number of methoxy groups -OCH3 is 2. The molecule has 0 radical (unpaired) electrons. The maximum Gasteiger partial charge on any atom is 0.259 e. The first kappa shape index (κ1) is 18.3. The highest BCUT2D eigenvalue weighted by molar-refractivity contribution is 5.99. The van der Waals surface area contributed by atoms with Gasteiger partial charge in [-0.05, 0) is 43.7 Å². The Morgan fingerprint density at radius 3 is 2.48 bits per heavy atom. The molecular formula is C19H23N3O3. The predicted octanol–water partition coefficient (Wildman–Crippen LogP) is 2.96. The lowest BCUT2D eigenvalue weighted by molar-refractivity contribution is -0.119. The molecule has 0 aliphatic carbocycles. The fourth-order valence-corrected chi connectivity index (χ4v) is 2.26. The second-order valence-corrected chi connectivity index (χ2v) is 5.47. The Morgan fingerprint density at radius 2 is 1.80 bits per heavy atom. The molecule has 2 aromatic carbocycles. The number of para-hydroxylation sites is 1. The van der Waals surface area contributed by atoms with Gasteiger partial charge in [0.15, 0.2) is 11.5 Å². The van der Waals surface area contributed by atoms with Crippen molar-refractivity contribution in [1.29, 1.82) is 0 Å². The van der Waals surface area contributed by atoms with Gasteiger partial charge in [0, 0.05) is 11.3 Å². The highest BCUT2D eigenvalue weighted by atomic mass is 16.5. The Balaban J connectivity index is 1.96. The van der Waals surface area contributed by atoms with Gasteiger partial charge in [0.25, 0.3) is 5.91 Å². The van der Waals surface area contributed by atoms with Crippen molar-refractivity contribution in [2.45, 2.75) is 13.8 Å². The van der Waals surface area contributed by atoms with Crippen molar-refractivity contribution in [1.82, 2.24) is 5.43 Å². The number of hydrogen-bond acceptors (Lipinski definition) is 5. The molecule has 1 amide bonds. The quantitative estimate of drug-likeness (QED) is 0.600. The third-order valence-corrected chi connectivity index (χ3v) is 3.73. The van der Waals surface area contributed by atoms with Crippen LogP contribution in [0.25, 0.3) is 0 Å². The van der Waals surface area contributed by atoms with Crippen molar-refractivity contribution in [3.63, 3.8) is 0 Å². The van der Waals surface area contributed by atoms with Crippen LogP contribution in [0.2, 0.25) is 0 Å². The van der Waals surface area contributed by atoms with Gasteiger partial charge in [-0.1, -0.05) is 18.2 Å². The molecule has 132 valence electrons. The van der Waals surface area contributed by atoms with E-state index in [2.05, 4.69) is 15.8 Å². The van der Waals surface area contributed by atoms with Crippen LogP contribution in [0.5, 0.6) is 11.5 Å². The van der Waals surface area contributed by atoms with E-state index in [-0.39, 0.29) is 12.5 Å². The van der Waals surface area contributed by atoms with Crippen LogP contribution in [0.3, 0.4) is 0 Å². The standard InChI is InChI=1S/C19H23N3O3/c1-13-7-5-6-8-16(13)20-12-19(23)22-21-14(2)15-9-10-17(24-3)18(11-15)25-4/h5-11,20H,12H2,1-4H3,(H,22,23). The van der Waals surface area contributed by atoms with Crippen molar-refractivity contribution in [2.75, 3.05) is 26.1 Å². The molecule has 0 aliphatic heterocycles.